The number of ether oxygens (including phenoxy) is 1. The molecule has 2 atom stereocenters. The molecule has 2 aromatic rings. The summed E-state index contributed by atoms with van der Waals surface area (Å²) in [4.78, 5) is 22.5. The minimum absolute atomic E-state index is 0.144. The molecule has 35 heavy (non-hydrogen) atoms. The Morgan fingerprint density at radius 3 is 2.57 bits per heavy atom. The molecule has 3 aliphatic heterocycles. The molecule has 1 fully saturated rings. The molecule has 2 unspecified atom stereocenters. The van der Waals surface area contributed by atoms with Crippen molar-refractivity contribution in [1.29, 1.82) is 0 Å². The Labute approximate surface area is 205 Å². The maximum atomic E-state index is 13.5. The van der Waals surface area contributed by atoms with Crippen molar-refractivity contribution in [3.63, 3.8) is 0 Å². The van der Waals surface area contributed by atoms with E-state index in [1.54, 1.807) is 19.1 Å². The van der Waals surface area contributed by atoms with Gasteiger partial charge in [0.25, 0.3) is 11.9 Å². The fraction of sp³-hybridized carbons (Fsp3) is 0.320. The smallest absolute Gasteiger partial charge is 0.336 e. The highest BCUT2D eigenvalue weighted by molar-refractivity contribution is 6.46. The van der Waals surface area contributed by atoms with E-state index in [1.807, 2.05) is 35.2 Å². The van der Waals surface area contributed by atoms with E-state index in [4.69, 9.17) is 16.3 Å². The summed E-state index contributed by atoms with van der Waals surface area (Å²) in [6.45, 7) is 2.35. The predicted octanol–water partition coefficient (Wildman–Crippen LogP) is 4.59. The summed E-state index contributed by atoms with van der Waals surface area (Å²) in [6.07, 6.45) is 1.03. The first-order valence-corrected chi connectivity index (χ1v) is 11.6. The summed E-state index contributed by atoms with van der Waals surface area (Å²) in [7, 11) is 0. The van der Waals surface area contributed by atoms with Crippen LogP contribution in [0.3, 0.4) is 0 Å². The van der Waals surface area contributed by atoms with Crippen molar-refractivity contribution < 1.29 is 23.4 Å². The Morgan fingerprint density at radius 2 is 1.89 bits per heavy atom. The number of aromatic carboxylic acids is 1. The second-order valence-corrected chi connectivity index (χ2v) is 9.19. The van der Waals surface area contributed by atoms with Gasteiger partial charge in [0.05, 0.1) is 22.3 Å². The van der Waals surface area contributed by atoms with Crippen LogP contribution in [0.15, 0.2) is 63.6 Å². The Bertz CT molecular complexity index is 1250. The van der Waals surface area contributed by atoms with Crippen LogP contribution in [0, 0.1) is 6.92 Å². The van der Waals surface area contributed by atoms with Gasteiger partial charge in [-0.3, -0.25) is 4.99 Å². The van der Waals surface area contributed by atoms with Gasteiger partial charge in [0.1, 0.15) is 5.75 Å². The zero-order valence-corrected chi connectivity index (χ0v) is 19.6. The fourth-order valence-electron chi connectivity index (χ4n) is 4.32. The standard InChI is InChI=1S/C25H23ClF2N4O3/c1-14-2-7-17(12-18(14)23(33)34)35-24-29-20-13-19(26)21(30-22(20)31-24)15-3-5-16(6-4-15)32-10-8-25(27,28)9-11-32/h2-7,12-13,20,22H,8-11H2,1H3,(H,29,31)(H,33,34). The molecule has 3 heterocycles. The van der Waals surface area contributed by atoms with E-state index >= 15 is 0 Å². The molecule has 5 rings (SSSR count). The number of rotatable bonds is 4. The van der Waals surface area contributed by atoms with Crippen LogP contribution in [0.4, 0.5) is 14.5 Å². The molecule has 0 radical (unpaired) electrons. The van der Waals surface area contributed by atoms with Crippen LogP contribution in [0.1, 0.15) is 34.3 Å². The number of aryl methyl sites for hydroxylation is 1. The van der Waals surface area contributed by atoms with Crippen molar-refractivity contribution in [2.45, 2.75) is 37.9 Å². The average molecular weight is 501 g/mol. The highest BCUT2D eigenvalue weighted by atomic mass is 35.5. The Hall–Kier alpha value is -3.46. The Morgan fingerprint density at radius 1 is 1.17 bits per heavy atom. The average Bonchev–Trinajstić information content (AvgIpc) is 3.20. The van der Waals surface area contributed by atoms with Gasteiger partial charge in [-0.2, -0.15) is 0 Å². The van der Waals surface area contributed by atoms with Crippen molar-refractivity contribution >= 4 is 35.0 Å². The van der Waals surface area contributed by atoms with E-state index in [-0.39, 0.29) is 30.5 Å². The van der Waals surface area contributed by atoms with Crippen LogP contribution in [-0.2, 0) is 0 Å². The van der Waals surface area contributed by atoms with Gasteiger partial charge < -0.3 is 20.1 Å². The number of dihydropyridines is 1. The van der Waals surface area contributed by atoms with Crippen molar-refractivity contribution in [3.8, 4) is 5.75 Å². The van der Waals surface area contributed by atoms with E-state index in [9.17, 15) is 18.7 Å². The first-order chi connectivity index (χ1) is 16.7. The molecule has 0 aromatic heterocycles. The second-order valence-electron chi connectivity index (χ2n) is 8.78. The van der Waals surface area contributed by atoms with Crippen LogP contribution < -0.4 is 15.0 Å². The summed E-state index contributed by atoms with van der Waals surface area (Å²) in [5.41, 5.74) is 3.05. The number of carboxylic acids is 1. The number of nitrogens with zero attached hydrogens (tertiary/aromatic N) is 3. The lowest BCUT2D eigenvalue weighted by atomic mass is 10.0. The molecule has 3 aliphatic rings. The zero-order chi connectivity index (χ0) is 24.7. The van der Waals surface area contributed by atoms with Crippen molar-refractivity contribution in [3.05, 3.63) is 70.3 Å². The number of amidine groups is 1. The van der Waals surface area contributed by atoms with Gasteiger partial charge in [0, 0.05) is 37.2 Å². The minimum Gasteiger partial charge on any atom is -0.478 e. The lowest BCUT2D eigenvalue weighted by Gasteiger charge is -2.33. The van der Waals surface area contributed by atoms with Gasteiger partial charge in [0.15, 0.2) is 6.17 Å². The summed E-state index contributed by atoms with van der Waals surface area (Å²) < 4.78 is 32.7. The number of carbonyl (C=O) groups is 1. The number of hydrogen-bond donors (Lipinski definition) is 2. The predicted molar refractivity (Wildman–Crippen MR) is 130 cm³/mol. The van der Waals surface area contributed by atoms with Gasteiger partial charge in [-0.25, -0.2) is 18.6 Å². The van der Waals surface area contributed by atoms with Gasteiger partial charge >= 0.3 is 5.97 Å². The number of allylic oxidation sites excluding steroid dienone is 1. The van der Waals surface area contributed by atoms with E-state index in [0.717, 1.165) is 11.3 Å². The van der Waals surface area contributed by atoms with Gasteiger partial charge in [-0.1, -0.05) is 29.8 Å². The molecule has 1 saturated heterocycles. The molecular formula is C25H23ClF2N4O3. The number of halogens is 3. The topological polar surface area (TPSA) is 86.5 Å². The van der Waals surface area contributed by atoms with Crippen LogP contribution in [0.5, 0.6) is 5.75 Å². The highest BCUT2D eigenvalue weighted by Gasteiger charge is 2.35. The third kappa shape index (κ3) is 4.86. The van der Waals surface area contributed by atoms with E-state index in [1.165, 1.54) is 6.07 Å². The first kappa shape index (κ1) is 23.3. The SMILES string of the molecule is Cc1ccc(OC2=NC3N=C(c4ccc(N5CCC(F)(F)CC5)cc4)C(Cl)=CC3N2)cc1C(=O)O. The number of anilines is 1. The Kier molecular flexibility index (Phi) is 5.96. The third-order valence-electron chi connectivity index (χ3n) is 6.33. The van der Waals surface area contributed by atoms with Gasteiger partial charge in [-0.15, -0.1) is 0 Å². The summed E-state index contributed by atoms with van der Waals surface area (Å²) in [6, 6.07) is 12.3. The molecule has 0 aliphatic carbocycles. The molecule has 182 valence electrons. The number of carboxylic acid groups (broad SMARTS) is 1. The molecule has 0 bridgehead atoms. The molecule has 0 spiro atoms. The number of aliphatic imine (C=N–C) groups is 2. The number of nitrogens with one attached hydrogen (secondary N) is 1. The van der Waals surface area contributed by atoms with E-state index in [0.29, 0.717) is 35.1 Å². The fourth-order valence-corrected chi connectivity index (χ4v) is 4.61. The lowest BCUT2D eigenvalue weighted by molar-refractivity contribution is -0.0220. The van der Waals surface area contributed by atoms with Crippen LogP contribution in [0.25, 0.3) is 0 Å². The summed E-state index contributed by atoms with van der Waals surface area (Å²) >= 11 is 6.52. The summed E-state index contributed by atoms with van der Waals surface area (Å²) in [5, 5.41) is 12.9. The van der Waals surface area contributed by atoms with Crippen LogP contribution in [0.2, 0.25) is 0 Å². The molecule has 0 saturated carbocycles. The van der Waals surface area contributed by atoms with Gasteiger partial charge in [-0.05, 0) is 42.8 Å². The number of fused-ring (bicyclic) bond motifs is 1. The second kappa shape index (κ2) is 8.96. The van der Waals surface area contributed by atoms with Crippen molar-refractivity contribution in [1.82, 2.24) is 5.32 Å². The number of hydrogen-bond acceptors (Lipinski definition) is 6. The number of benzene rings is 2. The maximum absolute atomic E-state index is 13.5. The normalized spacial score (nSPS) is 23.0. The third-order valence-corrected chi connectivity index (χ3v) is 6.63. The minimum atomic E-state index is -2.58. The van der Waals surface area contributed by atoms with Gasteiger partial charge in [0.2, 0.25) is 0 Å². The molecule has 2 aromatic carbocycles. The first-order valence-electron chi connectivity index (χ1n) is 11.2. The Balaban J connectivity index is 1.31. The van der Waals surface area contributed by atoms with E-state index in [2.05, 4.69) is 15.3 Å². The number of alkyl halides is 2. The molecule has 10 heteroatoms. The van der Waals surface area contributed by atoms with Crippen LogP contribution in [-0.4, -0.2) is 54.0 Å². The number of piperidine rings is 1. The monoisotopic (exact) mass is 500 g/mol. The van der Waals surface area contributed by atoms with Crippen LogP contribution >= 0.6 is 11.6 Å². The maximum Gasteiger partial charge on any atom is 0.336 e. The molecular weight excluding hydrogens is 478 g/mol. The quantitative estimate of drug-likeness (QED) is 0.641. The van der Waals surface area contributed by atoms with Crippen molar-refractivity contribution in [2.75, 3.05) is 18.0 Å². The van der Waals surface area contributed by atoms with E-state index < -0.39 is 18.1 Å². The highest BCUT2D eigenvalue weighted by Crippen LogP contribution is 2.31. The van der Waals surface area contributed by atoms with Crippen molar-refractivity contribution in [2.24, 2.45) is 9.98 Å². The lowest BCUT2D eigenvalue weighted by Crippen LogP contribution is -2.39. The zero-order valence-electron chi connectivity index (χ0n) is 18.8. The largest absolute Gasteiger partial charge is 0.478 e. The molecule has 2 N–H and O–H groups in total. The molecule has 0 amide bonds. The molecule has 7 nitrogen and oxygen atoms in total. The summed E-state index contributed by atoms with van der Waals surface area (Å²) in [5.74, 6) is -3.27.